The molecule has 7 rings (SSSR count). The summed E-state index contributed by atoms with van der Waals surface area (Å²) in [5.74, 6) is 1.22. The number of benzene rings is 1. The van der Waals surface area contributed by atoms with E-state index in [1.54, 1.807) is 0 Å². The number of likely N-dealkylation sites (tertiary alicyclic amines) is 1. The lowest BCUT2D eigenvalue weighted by atomic mass is 9.58. The number of piperidine rings is 1. The summed E-state index contributed by atoms with van der Waals surface area (Å²) in [6, 6.07) is 11.2. The van der Waals surface area contributed by atoms with Crippen LogP contribution in [0, 0.1) is 22.2 Å². The molecule has 3 heteroatoms. The van der Waals surface area contributed by atoms with Gasteiger partial charge in [0.05, 0.1) is 5.41 Å². The van der Waals surface area contributed by atoms with E-state index in [9.17, 15) is 4.79 Å². The number of nitrogens with zero attached hydrogens (tertiary/aromatic N) is 1. The Balaban J connectivity index is 1.29. The fraction of sp³-hybridized carbons (Fsp3) is 0.708. The molecule has 27 heavy (non-hydrogen) atoms. The molecule has 0 radical (unpaired) electrons. The third-order valence-corrected chi connectivity index (χ3v) is 9.13. The van der Waals surface area contributed by atoms with E-state index in [0.29, 0.717) is 22.7 Å². The van der Waals surface area contributed by atoms with Crippen LogP contribution < -0.4 is 5.32 Å². The third-order valence-electron chi connectivity index (χ3n) is 9.13. The average molecular weight is 365 g/mol. The van der Waals surface area contributed by atoms with Gasteiger partial charge in [0.25, 0.3) is 0 Å². The molecule has 6 aliphatic rings. The number of nitrogens with one attached hydrogen (secondary N) is 1. The second-order valence-corrected chi connectivity index (χ2v) is 11.2. The monoisotopic (exact) mass is 364 g/mol. The number of amides is 1. The first kappa shape index (κ1) is 16.6. The molecule has 1 aromatic carbocycles. The molecule has 2 saturated heterocycles. The molecular weight excluding hydrogens is 332 g/mol. The number of hydrogen-bond donors (Lipinski definition) is 1. The van der Waals surface area contributed by atoms with Crippen molar-refractivity contribution in [3.05, 3.63) is 35.9 Å². The zero-order valence-electron chi connectivity index (χ0n) is 16.6. The zero-order chi connectivity index (χ0) is 18.3. The minimum atomic E-state index is -0.0692. The predicted molar refractivity (Wildman–Crippen MR) is 106 cm³/mol. The average Bonchev–Trinajstić information content (AvgIpc) is 3.01. The van der Waals surface area contributed by atoms with E-state index >= 15 is 0 Å². The molecule has 1 N–H and O–H groups in total. The lowest BCUT2D eigenvalue weighted by molar-refractivity contribution is -0.161. The van der Waals surface area contributed by atoms with Gasteiger partial charge in [-0.1, -0.05) is 37.3 Å². The van der Waals surface area contributed by atoms with Crippen LogP contribution in [-0.4, -0.2) is 37.0 Å². The summed E-state index contributed by atoms with van der Waals surface area (Å²) in [5.41, 5.74) is 2.51. The summed E-state index contributed by atoms with van der Waals surface area (Å²) in [5, 5.41) is 3.48. The third kappa shape index (κ3) is 2.15. The molecular formula is C24H32N2O. The molecule has 2 heterocycles. The number of rotatable bonds is 2. The Kier molecular flexibility index (Phi) is 3.18. The standard InChI is InChI=1S/C24H32N2O/c1-21-11-19-12-23(13-21,15-24(19,14-21)18-5-3-2-4-6-18)20(27)26-16-22(17-26)7-9-25-10-8-22/h2-6,19,25H,7-17H2,1H3. The van der Waals surface area contributed by atoms with Gasteiger partial charge in [-0.15, -0.1) is 0 Å². The van der Waals surface area contributed by atoms with Gasteiger partial charge in [-0.05, 0) is 80.3 Å². The van der Waals surface area contributed by atoms with Gasteiger partial charge in [-0.2, -0.15) is 0 Å². The maximum atomic E-state index is 13.8. The lowest BCUT2D eigenvalue weighted by Crippen LogP contribution is -2.64. The summed E-state index contributed by atoms with van der Waals surface area (Å²) in [6.07, 6.45) is 8.49. The van der Waals surface area contributed by atoms with Gasteiger partial charge in [0.2, 0.25) is 5.91 Å². The molecule has 4 unspecified atom stereocenters. The Morgan fingerprint density at radius 2 is 1.78 bits per heavy atom. The van der Waals surface area contributed by atoms with Crippen molar-refractivity contribution in [3.63, 3.8) is 0 Å². The van der Waals surface area contributed by atoms with Crippen molar-refractivity contribution in [3.8, 4) is 0 Å². The predicted octanol–water partition coefficient (Wildman–Crippen LogP) is 3.74. The van der Waals surface area contributed by atoms with Crippen molar-refractivity contribution in [2.24, 2.45) is 22.2 Å². The summed E-state index contributed by atoms with van der Waals surface area (Å²) < 4.78 is 0. The van der Waals surface area contributed by atoms with Crippen LogP contribution in [0.3, 0.4) is 0 Å². The molecule has 4 saturated carbocycles. The van der Waals surface area contributed by atoms with Crippen molar-refractivity contribution in [1.29, 1.82) is 0 Å². The van der Waals surface area contributed by atoms with Crippen molar-refractivity contribution in [2.45, 2.75) is 57.3 Å². The second kappa shape index (κ2) is 5.17. The molecule has 2 aliphatic heterocycles. The van der Waals surface area contributed by atoms with Gasteiger partial charge in [-0.25, -0.2) is 0 Å². The van der Waals surface area contributed by atoms with Gasteiger partial charge in [0.1, 0.15) is 0 Å². The van der Waals surface area contributed by atoms with Crippen molar-refractivity contribution >= 4 is 5.91 Å². The Morgan fingerprint density at radius 1 is 1.04 bits per heavy atom. The van der Waals surface area contributed by atoms with Gasteiger partial charge in [-0.3, -0.25) is 4.79 Å². The number of carbonyl (C=O) groups excluding carboxylic acids is 1. The molecule has 144 valence electrons. The van der Waals surface area contributed by atoms with Crippen LogP contribution in [0.2, 0.25) is 0 Å². The minimum Gasteiger partial charge on any atom is -0.341 e. The first-order valence-corrected chi connectivity index (χ1v) is 11.0. The SMILES string of the molecule is CC12CC3CC(C(=O)N4CC5(CCNCC5)C4)(C1)CC3(c1ccccc1)C2. The normalized spacial score (nSPS) is 43.9. The van der Waals surface area contributed by atoms with Crippen molar-refractivity contribution in [2.75, 3.05) is 26.2 Å². The highest BCUT2D eigenvalue weighted by Gasteiger charge is 2.71. The quantitative estimate of drug-likeness (QED) is 0.867. The van der Waals surface area contributed by atoms with Gasteiger partial charge >= 0.3 is 0 Å². The van der Waals surface area contributed by atoms with Crippen LogP contribution in [0.1, 0.15) is 57.4 Å². The molecule has 4 bridgehead atoms. The Labute approximate surface area is 162 Å². The smallest absolute Gasteiger partial charge is 0.228 e. The zero-order valence-corrected chi connectivity index (χ0v) is 16.6. The minimum absolute atomic E-state index is 0.0692. The van der Waals surface area contributed by atoms with E-state index < -0.39 is 0 Å². The number of hydrogen-bond acceptors (Lipinski definition) is 2. The van der Waals surface area contributed by atoms with E-state index in [1.165, 1.54) is 31.2 Å². The van der Waals surface area contributed by atoms with E-state index in [2.05, 4.69) is 47.5 Å². The largest absolute Gasteiger partial charge is 0.341 e. The van der Waals surface area contributed by atoms with E-state index in [-0.39, 0.29) is 10.8 Å². The topological polar surface area (TPSA) is 32.3 Å². The molecule has 1 aromatic rings. The molecule has 4 atom stereocenters. The fourth-order valence-electron chi connectivity index (χ4n) is 8.44. The van der Waals surface area contributed by atoms with Crippen LogP contribution in [0.4, 0.5) is 0 Å². The molecule has 1 spiro atoms. The summed E-state index contributed by atoms with van der Waals surface area (Å²) in [7, 11) is 0. The van der Waals surface area contributed by atoms with Crippen LogP contribution in [0.5, 0.6) is 0 Å². The summed E-state index contributed by atoms with van der Waals surface area (Å²) >= 11 is 0. The first-order chi connectivity index (χ1) is 13.0. The highest BCUT2D eigenvalue weighted by molar-refractivity contribution is 5.85. The van der Waals surface area contributed by atoms with Crippen molar-refractivity contribution < 1.29 is 4.79 Å². The van der Waals surface area contributed by atoms with Gasteiger partial charge in [0, 0.05) is 18.5 Å². The van der Waals surface area contributed by atoms with Crippen LogP contribution in [-0.2, 0) is 10.2 Å². The van der Waals surface area contributed by atoms with Crippen LogP contribution in [0.15, 0.2) is 30.3 Å². The Morgan fingerprint density at radius 3 is 2.52 bits per heavy atom. The van der Waals surface area contributed by atoms with Crippen LogP contribution in [0.25, 0.3) is 0 Å². The Hall–Kier alpha value is -1.35. The molecule has 1 amide bonds. The van der Waals surface area contributed by atoms with E-state index in [4.69, 9.17) is 0 Å². The van der Waals surface area contributed by atoms with Gasteiger partial charge in [0.15, 0.2) is 0 Å². The van der Waals surface area contributed by atoms with Crippen molar-refractivity contribution in [1.82, 2.24) is 10.2 Å². The summed E-state index contributed by atoms with van der Waals surface area (Å²) in [6.45, 7) is 6.77. The number of carbonyl (C=O) groups is 1. The first-order valence-electron chi connectivity index (χ1n) is 11.0. The van der Waals surface area contributed by atoms with E-state index in [0.717, 1.165) is 45.4 Å². The molecule has 4 aliphatic carbocycles. The molecule has 3 nitrogen and oxygen atoms in total. The second-order valence-electron chi connectivity index (χ2n) is 11.2. The maximum Gasteiger partial charge on any atom is 0.228 e. The Bertz CT molecular complexity index is 777. The van der Waals surface area contributed by atoms with Crippen LogP contribution >= 0.6 is 0 Å². The molecule has 6 fully saturated rings. The summed E-state index contributed by atoms with van der Waals surface area (Å²) in [4.78, 5) is 16.0. The highest BCUT2D eigenvalue weighted by Crippen LogP contribution is 2.75. The maximum absolute atomic E-state index is 13.8. The molecule has 0 aromatic heterocycles. The highest BCUT2D eigenvalue weighted by atomic mass is 16.2. The lowest BCUT2D eigenvalue weighted by Gasteiger charge is -2.56. The fourth-order valence-corrected chi connectivity index (χ4v) is 8.44. The van der Waals surface area contributed by atoms with Gasteiger partial charge < -0.3 is 10.2 Å². The van der Waals surface area contributed by atoms with E-state index in [1.807, 2.05) is 0 Å².